The topological polar surface area (TPSA) is 35.2 Å². The highest BCUT2D eigenvalue weighted by Crippen LogP contribution is 2.34. The number of ether oxygens (including phenoxy) is 1. The van der Waals surface area contributed by atoms with Crippen molar-refractivity contribution in [1.82, 2.24) is 0 Å². The molecule has 0 aromatic heterocycles. The Morgan fingerprint density at radius 2 is 2.11 bits per heavy atom. The highest BCUT2D eigenvalue weighted by Gasteiger charge is 2.24. The Kier molecular flexibility index (Phi) is 5.22. The maximum absolute atomic E-state index is 6.20. The predicted molar refractivity (Wildman–Crippen MR) is 78.4 cm³/mol. The molecule has 1 aromatic carbocycles. The summed E-state index contributed by atoms with van der Waals surface area (Å²) in [6, 6.07) is 8.27. The number of benzene rings is 1. The molecular weight excluding hydrogens is 290 g/mol. The minimum absolute atomic E-state index is 0.00400. The van der Waals surface area contributed by atoms with Crippen LogP contribution in [0.2, 0.25) is 0 Å². The Morgan fingerprint density at radius 1 is 1.39 bits per heavy atom. The van der Waals surface area contributed by atoms with Crippen molar-refractivity contribution in [2.75, 3.05) is 6.61 Å². The monoisotopic (exact) mass is 311 g/mol. The van der Waals surface area contributed by atoms with Crippen molar-refractivity contribution in [2.24, 2.45) is 11.7 Å². The molecule has 0 spiro atoms. The van der Waals surface area contributed by atoms with Crippen LogP contribution in [0.4, 0.5) is 0 Å². The first kappa shape index (κ1) is 14.0. The fourth-order valence-corrected chi connectivity index (χ4v) is 2.64. The number of hydrogen-bond donors (Lipinski definition) is 1. The second kappa shape index (κ2) is 6.69. The lowest BCUT2D eigenvalue weighted by atomic mass is 10.0. The molecule has 100 valence electrons. The highest BCUT2D eigenvalue weighted by molar-refractivity contribution is 9.10. The van der Waals surface area contributed by atoms with Gasteiger partial charge in [-0.15, -0.1) is 0 Å². The molecule has 0 amide bonds. The normalized spacial score (nSPS) is 18.6. The predicted octanol–water partition coefficient (Wildman–Crippen LogP) is 4.04. The van der Waals surface area contributed by atoms with E-state index in [-0.39, 0.29) is 12.1 Å². The van der Waals surface area contributed by atoms with Crippen LogP contribution in [0.1, 0.15) is 44.3 Å². The number of nitrogens with two attached hydrogens (primary N) is 1. The van der Waals surface area contributed by atoms with E-state index < -0.39 is 0 Å². The summed E-state index contributed by atoms with van der Waals surface area (Å²) in [5, 5.41) is 0. The van der Waals surface area contributed by atoms with Gasteiger partial charge in [-0.1, -0.05) is 53.9 Å². The third-order valence-electron chi connectivity index (χ3n) is 3.59. The molecule has 2 nitrogen and oxygen atoms in total. The maximum Gasteiger partial charge on any atom is 0.0986 e. The second-order valence-corrected chi connectivity index (χ2v) is 5.97. The van der Waals surface area contributed by atoms with Crippen molar-refractivity contribution < 1.29 is 4.74 Å². The van der Waals surface area contributed by atoms with Gasteiger partial charge in [-0.05, 0) is 30.4 Å². The molecule has 1 aromatic rings. The smallest absolute Gasteiger partial charge is 0.0986 e. The van der Waals surface area contributed by atoms with Gasteiger partial charge in [0.05, 0.1) is 6.10 Å². The first-order valence-corrected chi connectivity index (χ1v) is 7.63. The van der Waals surface area contributed by atoms with Crippen LogP contribution in [0.5, 0.6) is 0 Å². The fourth-order valence-electron chi connectivity index (χ4n) is 2.13. The third kappa shape index (κ3) is 3.81. The summed E-state index contributed by atoms with van der Waals surface area (Å²) in [5.41, 5.74) is 7.37. The lowest BCUT2D eigenvalue weighted by Crippen LogP contribution is -2.30. The Bertz CT molecular complexity index is 379. The molecule has 0 aliphatic heterocycles. The third-order valence-corrected chi connectivity index (χ3v) is 4.31. The molecule has 0 bridgehead atoms. The SMILES string of the molecule is CCC(N)C(OCCC1CC1)c1ccccc1Br. The average molecular weight is 312 g/mol. The number of rotatable bonds is 7. The molecule has 2 N–H and O–H groups in total. The number of hydrogen-bond acceptors (Lipinski definition) is 2. The van der Waals surface area contributed by atoms with Crippen LogP contribution in [-0.4, -0.2) is 12.6 Å². The van der Waals surface area contributed by atoms with E-state index in [9.17, 15) is 0 Å². The molecular formula is C15H22BrNO. The Morgan fingerprint density at radius 3 is 2.72 bits per heavy atom. The Hall–Kier alpha value is -0.380. The van der Waals surface area contributed by atoms with E-state index in [2.05, 4.69) is 35.0 Å². The minimum atomic E-state index is 0.00400. The molecule has 2 atom stereocenters. The van der Waals surface area contributed by atoms with Gasteiger partial charge in [-0.3, -0.25) is 0 Å². The summed E-state index contributed by atoms with van der Waals surface area (Å²) in [6.07, 6.45) is 4.86. The van der Waals surface area contributed by atoms with Gasteiger partial charge in [0.1, 0.15) is 0 Å². The quantitative estimate of drug-likeness (QED) is 0.824. The first-order chi connectivity index (χ1) is 8.72. The molecule has 2 unspecified atom stereocenters. The van der Waals surface area contributed by atoms with Gasteiger partial charge in [0.2, 0.25) is 0 Å². The summed E-state index contributed by atoms with van der Waals surface area (Å²) in [7, 11) is 0. The van der Waals surface area contributed by atoms with Crippen LogP contribution in [-0.2, 0) is 4.74 Å². The van der Waals surface area contributed by atoms with E-state index >= 15 is 0 Å². The summed E-state index contributed by atoms with van der Waals surface area (Å²) < 4.78 is 7.15. The lowest BCUT2D eigenvalue weighted by molar-refractivity contribution is 0.0295. The summed E-state index contributed by atoms with van der Waals surface area (Å²) in [5.74, 6) is 0.905. The average Bonchev–Trinajstić information content (AvgIpc) is 3.19. The van der Waals surface area contributed by atoms with Gasteiger partial charge < -0.3 is 10.5 Å². The lowest BCUT2D eigenvalue weighted by Gasteiger charge is -2.25. The molecule has 0 radical (unpaired) electrons. The molecule has 3 heteroatoms. The van der Waals surface area contributed by atoms with Crippen molar-refractivity contribution in [2.45, 2.75) is 44.8 Å². The molecule has 1 fully saturated rings. The van der Waals surface area contributed by atoms with Crippen molar-refractivity contribution in [3.63, 3.8) is 0 Å². The van der Waals surface area contributed by atoms with Crippen LogP contribution in [0.25, 0.3) is 0 Å². The van der Waals surface area contributed by atoms with Gasteiger partial charge in [-0.25, -0.2) is 0 Å². The Labute approximate surface area is 118 Å². The number of halogens is 1. The maximum atomic E-state index is 6.20. The van der Waals surface area contributed by atoms with E-state index in [0.29, 0.717) is 0 Å². The molecule has 1 saturated carbocycles. The van der Waals surface area contributed by atoms with Gasteiger partial charge in [0.25, 0.3) is 0 Å². The van der Waals surface area contributed by atoms with Gasteiger partial charge >= 0.3 is 0 Å². The van der Waals surface area contributed by atoms with Crippen LogP contribution < -0.4 is 5.73 Å². The van der Waals surface area contributed by atoms with Gasteiger partial charge in [0, 0.05) is 17.1 Å². The first-order valence-electron chi connectivity index (χ1n) is 6.84. The molecule has 1 aliphatic carbocycles. The Balaban J connectivity index is 2.01. The van der Waals surface area contributed by atoms with Crippen molar-refractivity contribution in [3.05, 3.63) is 34.3 Å². The van der Waals surface area contributed by atoms with E-state index in [4.69, 9.17) is 10.5 Å². The minimum Gasteiger partial charge on any atom is -0.372 e. The van der Waals surface area contributed by atoms with Gasteiger partial charge in [-0.2, -0.15) is 0 Å². The molecule has 0 saturated heterocycles. The summed E-state index contributed by atoms with van der Waals surface area (Å²) >= 11 is 3.59. The van der Waals surface area contributed by atoms with Crippen molar-refractivity contribution in [1.29, 1.82) is 0 Å². The van der Waals surface area contributed by atoms with E-state index in [0.717, 1.165) is 23.4 Å². The van der Waals surface area contributed by atoms with Crippen LogP contribution in [0.3, 0.4) is 0 Å². The largest absolute Gasteiger partial charge is 0.372 e. The van der Waals surface area contributed by atoms with Crippen LogP contribution >= 0.6 is 15.9 Å². The van der Waals surface area contributed by atoms with Crippen LogP contribution in [0, 0.1) is 5.92 Å². The molecule has 1 aliphatic rings. The fraction of sp³-hybridized carbons (Fsp3) is 0.600. The van der Waals surface area contributed by atoms with E-state index in [1.165, 1.54) is 24.8 Å². The van der Waals surface area contributed by atoms with E-state index in [1.807, 2.05) is 12.1 Å². The zero-order valence-electron chi connectivity index (χ0n) is 10.9. The summed E-state index contributed by atoms with van der Waals surface area (Å²) in [6.45, 7) is 2.93. The molecule has 0 heterocycles. The highest BCUT2D eigenvalue weighted by atomic mass is 79.9. The summed E-state index contributed by atoms with van der Waals surface area (Å²) in [4.78, 5) is 0. The molecule has 18 heavy (non-hydrogen) atoms. The van der Waals surface area contributed by atoms with Crippen molar-refractivity contribution in [3.8, 4) is 0 Å². The van der Waals surface area contributed by atoms with Crippen LogP contribution in [0.15, 0.2) is 28.7 Å². The second-order valence-electron chi connectivity index (χ2n) is 5.12. The standard InChI is InChI=1S/C15H22BrNO/c1-2-14(17)15(18-10-9-11-7-8-11)12-5-3-4-6-13(12)16/h3-6,11,14-15H,2,7-10,17H2,1H3. The zero-order chi connectivity index (χ0) is 13.0. The van der Waals surface area contributed by atoms with E-state index in [1.54, 1.807) is 0 Å². The zero-order valence-corrected chi connectivity index (χ0v) is 12.5. The van der Waals surface area contributed by atoms with Gasteiger partial charge in [0.15, 0.2) is 0 Å². The molecule has 2 rings (SSSR count). The van der Waals surface area contributed by atoms with Crippen molar-refractivity contribution >= 4 is 15.9 Å².